The maximum atomic E-state index is 5.86. The molecule has 0 spiro atoms. The van der Waals surface area contributed by atoms with E-state index in [9.17, 15) is 0 Å². The van der Waals surface area contributed by atoms with Gasteiger partial charge in [0.05, 0.1) is 25.8 Å². The van der Waals surface area contributed by atoms with Gasteiger partial charge in [-0.1, -0.05) is 35.0 Å². The zero-order chi connectivity index (χ0) is 17.1. The van der Waals surface area contributed by atoms with Crippen molar-refractivity contribution in [2.24, 2.45) is 0 Å². The van der Waals surface area contributed by atoms with E-state index in [1.165, 1.54) is 5.56 Å². The zero-order valence-corrected chi connectivity index (χ0v) is 14.3. The fourth-order valence-corrected chi connectivity index (χ4v) is 3.12. The Morgan fingerprint density at radius 1 is 1.24 bits per heavy atom. The highest BCUT2D eigenvalue weighted by Crippen LogP contribution is 2.21. The number of morpholine rings is 1. The normalized spacial score (nSPS) is 18.5. The van der Waals surface area contributed by atoms with Crippen molar-refractivity contribution in [2.75, 3.05) is 19.7 Å². The molecule has 1 aliphatic heterocycles. The van der Waals surface area contributed by atoms with Crippen molar-refractivity contribution in [3.8, 4) is 11.3 Å². The lowest BCUT2D eigenvalue weighted by Gasteiger charge is -2.32. The highest BCUT2D eigenvalue weighted by atomic mass is 16.5. The molecule has 25 heavy (non-hydrogen) atoms. The molecule has 0 aliphatic carbocycles. The Hall–Kier alpha value is -2.44. The van der Waals surface area contributed by atoms with E-state index in [4.69, 9.17) is 9.26 Å². The second-order valence-electron chi connectivity index (χ2n) is 6.50. The fourth-order valence-electron chi connectivity index (χ4n) is 3.12. The monoisotopic (exact) mass is 338 g/mol. The summed E-state index contributed by atoms with van der Waals surface area (Å²) in [6.07, 6.45) is 3.90. The quantitative estimate of drug-likeness (QED) is 0.716. The van der Waals surface area contributed by atoms with Gasteiger partial charge in [-0.25, -0.2) is 0 Å². The standard InChI is InChI=1S/C19H22N4O2/c1-15-3-5-16(6-4-15)19-11-17(25-21-19)12-22-9-10-24-18(13-22)14-23-8-2-7-20-23/h2-8,11,18H,9-10,12-14H2,1H3. The Morgan fingerprint density at radius 3 is 2.92 bits per heavy atom. The molecule has 4 rings (SSSR count). The third kappa shape index (κ3) is 3.97. The first-order valence-electron chi connectivity index (χ1n) is 8.60. The summed E-state index contributed by atoms with van der Waals surface area (Å²) in [5.74, 6) is 0.885. The summed E-state index contributed by atoms with van der Waals surface area (Å²) in [6, 6.07) is 12.3. The Morgan fingerprint density at radius 2 is 2.12 bits per heavy atom. The SMILES string of the molecule is Cc1ccc(-c2cc(CN3CCOC(Cn4cccn4)C3)on2)cc1. The summed E-state index contributed by atoms with van der Waals surface area (Å²) in [6.45, 7) is 6.09. The van der Waals surface area contributed by atoms with Gasteiger partial charge in [-0.05, 0) is 13.0 Å². The van der Waals surface area contributed by atoms with Gasteiger partial charge in [-0.15, -0.1) is 0 Å². The lowest BCUT2D eigenvalue weighted by atomic mass is 10.1. The van der Waals surface area contributed by atoms with Gasteiger partial charge in [0.2, 0.25) is 0 Å². The summed E-state index contributed by atoms with van der Waals surface area (Å²) in [7, 11) is 0. The van der Waals surface area contributed by atoms with Gasteiger partial charge in [0.15, 0.2) is 5.76 Å². The largest absolute Gasteiger partial charge is 0.374 e. The van der Waals surface area contributed by atoms with Gasteiger partial charge in [0.1, 0.15) is 5.69 Å². The molecule has 1 aromatic carbocycles. The van der Waals surface area contributed by atoms with Gasteiger partial charge in [0.25, 0.3) is 0 Å². The van der Waals surface area contributed by atoms with E-state index in [0.717, 1.165) is 49.8 Å². The van der Waals surface area contributed by atoms with Crippen molar-refractivity contribution in [2.45, 2.75) is 26.1 Å². The highest BCUT2D eigenvalue weighted by molar-refractivity contribution is 5.59. The number of hydrogen-bond acceptors (Lipinski definition) is 5. The molecule has 130 valence electrons. The molecule has 0 bridgehead atoms. The van der Waals surface area contributed by atoms with Crippen molar-refractivity contribution in [1.29, 1.82) is 0 Å². The summed E-state index contributed by atoms with van der Waals surface area (Å²) in [5, 5.41) is 8.47. The van der Waals surface area contributed by atoms with Crippen LogP contribution < -0.4 is 0 Å². The van der Waals surface area contributed by atoms with Gasteiger partial charge in [-0.2, -0.15) is 5.10 Å². The molecular formula is C19H22N4O2. The van der Waals surface area contributed by atoms with Crippen LogP contribution in [0.2, 0.25) is 0 Å². The second-order valence-corrected chi connectivity index (χ2v) is 6.50. The third-order valence-corrected chi connectivity index (χ3v) is 4.46. The maximum absolute atomic E-state index is 5.86. The number of aromatic nitrogens is 3. The zero-order valence-electron chi connectivity index (χ0n) is 14.3. The number of aryl methyl sites for hydroxylation is 1. The molecular weight excluding hydrogens is 316 g/mol. The minimum Gasteiger partial charge on any atom is -0.374 e. The van der Waals surface area contributed by atoms with E-state index < -0.39 is 0 Å². The minimum absolute atomic E-state index is 0.146. The second kappa shape index (κ2) is 7.21. The van der Waals surface area contributed by atoms with Gasteiger partial charge < -0.3 is 9.26 Å². The van der Waals surface area contributed by atoms with E-state index in [0.29, 0.717) is 0 Å². The molecule has 1 fully saturated rings. The molecule has 1 unspecified atom stereocenters. The van der Waals surface area contributed by atoms with Crippen LogP contribution in [0.15, 0.2) is 53.3 Å². The maximum Gasteiger partial charge on any atom is 0.151 e. The van der Waals surface area contributed by atoms with Gasteiger partial charge >= 0.3 is 0 Å². The van der Waals surface area contributed by atoms with E-state index in [1.807, 2.05) is 23.0 Å². The molecule has 3 aromatic rings. The van der Waals surface area contributed by atoms with Crippen LogP contribution in [0.25, 0.3) is 11.3 Å². The van der Waals surface area contributed by atoms with Crippen LogP contribution in [0.1, 0.15) is 11.3 Å². The molecule has 2 aromatic heterocycles. The summed E-state index contributed by atoms with van der Waals surface area (Å²) >= 11 is 0. The summed E-state index contributed by atoms with van der Waals surface area (Å²) in [4.78, 5) is 2.34. The molecule has 6 nitrogen and oxygen atoms in total. The Labute approximate surface area is 147 Å². The molecule has 1 saturated heterocycles. The number of benzene rings is 1. The smallest absolute Gasteiger partial charge is 0.151 e. The Balaban J connectivity index is 1.37. The first-order valence-corrected chi connectivity index (χ1v) is 8.60. The molecule has 0 radical (unpaired) electrons. The van der Waals surface area contributed by atoms with Crippen LogP contribution in [-0.2, 0) is 17.8 Å². The fraction of sp³-hybridized carbons (Fsp3) is 0.368. The molecule has 0 saturated carbocycles. The molecule has 0 amide bonds. The van der Waals surface area contributed by atoms with Crippen molar-refractivity contribution in [3.05, 3.63) is 60.1 Å². The van der Waals surface area contributed by atoms with E-state index >= 15 is 0 Å². The lowest BCUT2D eigenvalue weighted by Crippen LogP contribution is -2.43. The highest BCUT2D eigenvalue weighted by Gasteiger charge is 2.22. The predicted octanol–water partition coefficient (Wildman–Crippen LogP) is 2.75. The van der Waals surface area contributed by atoms with Crippen LogP contribution in [0.3, 0.4) is 0 Å². The number of hydrogen-bond donors (Lipinski definition) is 0. The molecule has 6 heteroatoms. The summed E-state index contributed by atoms with van der Waals surface area (Å²) < 4.78 is 13.3. The average Bonchev–Trinajstić information content (AvgIpc) is 3.28. The van der Waals surface area contributed by atoms with E-state index in [1.54, 1.807) is 6.20 Å². The number of nitrogens with zero attached hydrogens (tertiary/aromatic N) is 4. The molecule has 3 heterocycles. The van der Waals surface area contributed by atoms with Crippen molar-refractivity contribution >= 4 is 0 Å². The molecule has 1 atom stereocenters. The van der Waals surface area contributed by atoms with E-state index in [-0.39, 0.29) is 6.10 Å². The van der Waals surface area contributed by atoms with Crippen molar-refractivity contribution in [1.82, 2.24) is 19.8 Å². The predicted molar refractivity (Wildman–Crippen MR) is 93.9 cm³/mol. The number of ether oxygens (including phenoxy) is 1. The topological polar surface area (TPSA) is 56.3 Å². The van der Waals surface area contributed by atoms with E-state index in [2.05, 4.69) is 46.3 Å². The Bertz CT molecular complexity index is 795. The van der Waals surface area contributed by atoms with Crippen molar-refractivity contribution < 1.29 is 9.26 Å². The number of rotatable bonds is 5. The Kier molecular flexibility index (Phi) is 4.63. The van der Waals surface area contributed by atoms with Crippen LogP contribution in [0, 0.1) is 6.92 Å². The molecule has 0 N–H and O–H groups in total. The van der Waals surface area contributed by atoms with Crippen LogP contribution >= 0.6 is 0 Å². The first-order chi connectivity index (χ1) is 12.3. The van der Waals surface area contributed by atoms with Gasteiger partial charge in [0, 0.05) is 37.1 Å². The third-order valence-electron chi connectivity index (χ3n) is 4.46. The van der Waals surface area contributed by atoms with Crippen molar-refractivity contribution in [3.63, 3.8) is 0 Å². The minimum atomic E-state index is 0.146. The average molecular weight is 338 g/mol. The summed E-state index contributed by atoms with van der Waals surface area (Å²) in [5.41, 5.74) is 3.21. The van der Waals surface area contributed by atoms with Crippen LogP contribution in [-0.4, -0.2) is 45.6 Å². The van der Waals surface area contributed by atoms with Crippen LogP contribution in [0.5, 0.6) is 0 Å². The van der Waals surface area contributed by atoms with Crippen LogP contribution in [0.4, 0.5) is 0 Å². The van der Waals surface area contributed by atoms with Gasteiger partial charge in [-0.3, -0.25) is 9.58 Å². The first kappa shape index (κ1) is 16.1. The molecule has 1 aliphatic rings. The lowest BCUT2D eigenvalue weighted by molar-refractivity contribution is -0.0422.